The summed E-state index contributed by atoms with van der Waals surface area (Å²) in [5.74, 6) is -4.74. The molecule has 0 spiro atoms. The predicted molar refractivity (Wildman–Crippen MR) is 238 cm³/mol. The fraction of sp³-hybridized carbons (Fsp3) is 0.333. The molecular formula is C42H54N12O12. The van der Waals surface area contributed by atoms with E-state index in [-0.39, 0.29) is 91.9 Å². The van der Waals surface area contributed by atoms with E-state index in [1.54, 1.807) is 51.1 Å². The molecule has 4 aromatic rings. The van der Waals surface area contributed by atoms with Gasteiger partial charge in [0, 0.05) is 24.0 Å². The summed E-state index contributed by atoms with van der Waals surface area (Å²) < 4.78 is 14.6. The maximum atomic E-state index is 12.5. The number of nitrogens with one attached hydrogen (secondary N) is 4. The largest absolute Gasteiger partial charge is 0.480 e. The van der Waals surface area contributed by atoms with Crippen LogP contribution in [-0.4, -0.2) is 107 Å². The lowest BCUT2D eigenvalue weighted by Crippen LogP contribution is -2.42. The molecule has 24 heteroatoms. The number of carboxylic acids is 1. The molecule has 0 aliphatic heterocycles. The molecule has 2 atom stereocenters. The number of hydrogen-bond acceptors (Lipinski definition) is 15. The molecule has 0 saturated carbocycles. The van der Waals surface area contributed by atoms with Gasteiger partial charge in [-0.25, -0.2) is 19.6 Å². The Balaban J connectivity index is 0.000000447. The number of nitrogens with two attached hydrogens (primary N) is 4. The van der Waals surface area contributed by atoms with Crippen molar-refractivity contribution in [3.8, 4) is 0 Å². The highest BCUT2D eigenvalue weighted by atomic mass is 16.5. The van der Waals surface area contributed by atoms with E-state index < -0.39 is 53.4 Å². The van der Waals surface area contributed by atoms with E-state index in [9.17, 15) is 43.5 Å². The van der Waals surface area contributed by atoms with Crippen LogP contribution >= 0.6 is 0 Å². The first-order chi connectivity index (χ1) is 30.7. The van der Waals surface area contributed by atoms with E-state index in [0.29, 0.717) is 28.5 Å². The molecule has 0 aliphatic rings. The summed E-state index contributed by atoms with van der Waals surface area (Å²) in [4.78, 5) is 105. The van der Waals surface area contributed by atoms with E-state index in [1.807, 2.05) is 0 Å². The van der Waals surface area contributed by atoms with Crippen molar-refractivity contribution in [1.29, 1.82) is 0 Å². The summed E-state index contributed by atoms with van der Waals surface area (Å²) in [6.45, 7) is 5.68. The minimum absolute atomic E-state index is 0. The Bertz CT molecular complexity index is 2430. The fourth-order valence-corrected chi connectivity index (χ4v) is 5.80. The van der Waals surface area contributed by atoms with Gasteiger partial charge < -0.3 is 63.1 Å². The van der Waals surface area contributed by atoms with E-state index in [0.717, 1.165) is 0 Å². The second kappa shape index (κ2) is 25.6. The number of ketones is 2. The molecule has 0 fully saturated rings. The predicted octanol–water partition coefficient (Wildman–Crippen LogP) is 1.04. The Hall–Kier alpha value is -8.44. The number of ether oxygens (including phenoxy) is 1. The summed E-state index contributed by atoms with van der Waals surface area (Å²) in [6, 6.07) is 10.0. The van der Waals surface area contributed by atoms with Crippen LogP contribution in [0.4, 0.5) is 11.4 Å². The molecule has 0 radical (unpaired) electrons. The third-order valence-corrected chi connectivity index (χ3v) is 8.96. The lowest BCUT2D eigenvalue weighted by atomic mass is 10.1. The molecule has 2 heterocycles. The van der Waals surface area contributed by atoms with Gasteiger partial charge in [-0.3, -0.25) is 28.8 Å². The number of Topliss-reactive ketones (excluding diaryl/α,β-unsaturated/α-hetero) is 2. The number of benzene rings is 2. The Labute approximate surface area is 378 Å². The molecule has 2 aromatic heterocycles. The molecule has 13 N–H and O–H groups in total. The highest BCUT2D eigenvalue weighted by Gasteiger charge is 2.27. The van der Waals surface area contributed by atoms with Crippen LogP contribution in [0.5, 0.6) is 0 Å². The number of amides is 4. The number of esters is 1. The maximum Gasteiger partial charge on any atom is 0.328 e. The third-order valence-electron chi connectivity index (χ3n) is 8.96. The molecule has 0 unspecified atom stereocenters. The summed E-state index contributed by atoms with van der Waals surface area (Å²) >= 11 is 0. The average molecular weight is 919 g/mol. The number of carbonyl (C=O) groups excluding carboxylic acids is 7. The molecule has 4 rings (SSSR count). The lowest BCUT2D eigenvalue weighted by Gasteiger charge is -2.16. The fourth-order valence-electron chi connectivity index (χ4n) is 5.80. The number of methoxy groups -OCH3 is 1. The zero-order valence-corrected chi connectivity index (χ0v) is 36.1. The van der Waals surface area contributed by atoms with Crippen molar-refractivity contribution in [2.75, 3.05) is 20.2 Å². The lowest BCUT2D eigenvalue weighted by molar-refractivity contribution is -0.143. The molecular weight excluding hydrogens is 865 g/mol. The van der Waals surface area contributed by atoms with Gasteiger partial charge in [0.1, 0.15) is 34.7 Å². The molecule has 24 nitrogen and oxygen atoms in total. The number of nitrogens with zero attached hydrogens (tertiary/aromatic N) is 4. The first kappa shape index (κ1) is 53.7. The Kier molecular flexibility index (Phi) is 20.8. The summed E-state index contributed by atoms with van der Waals surface area (Å²) in [5.41, 5.74) is 23.6. The normalized spacial score (nSPS) is 11.1. The second-order valence-corrected chi connectivity index (χ2v) is 14.0. The zero-order valence-electron chi connectivity index (χ0n) is 36.1. The van der Waals surface area contributed by atoms with Crippen LogP contribution in [0, 0.1) is 27.7 Å². The van der Waals surface area contributed by atoms with Crippen molar-refractivity contribution >= 4 is 70.4 Å². The van der Waals surface area contributed by atoms with Crippen LogP contribution in [0.15, 0.2) is 67.6 Å². The Morgan fingerprint density at radius 2 is 1.05 bits per heavy atom. The summed E-state index contributed by atoms with van der Waals surface area (Å²) in [7, 11) is 1.18. The molecule has 0 bridgehead atoms. The van der Waals surface area contributed by atoms with Gasteiger partial charge in [-0.15, -0.1) is 0 Å². The number of aryl methyl sites for hydroxylation is 4. The van der Waals surface area contributed by atoms with Crippen molar-refractivity contribution in [1.82, 2.24) is 31.6 Å². The van der Waals surface area contributed by atoms with Gasteiger partial charge in [-0.2, -0.15) is 0 Å². The Morgan fingerprint density at radius 1 is 0.652 bits per heavy atom. The number of aliphatic carboxylic acids is 1. The van der Waals surface area contributed by atoms with Gasteiger partial charge in [0.05, 0.1) is 43.0 Å². The topological polar surface area (TPSA) is 395 Å². The number of guanidine groups is 2. The Morgan fingerprint density at radius 3 is 1.39 bits per heavy atom. The summed E-state index contributed by atoms with van der Waals surface area (Å²) in [6.07, 6.45) is -0.432. The van der Waals surface area contributed by atoms with Crippen molar-refractivity contribution in [2.24, 2.45) is 32.9 Å². The van der Waals surface area contributed by atoms with Gasteiger partial charge in [-0.1, -0.05) is 29.9 Å². The number of aliphatic imine (C=N–C) groups is 2. The molecule has 2 aromatic carbocycles. The van der Waals surface area contributed by atoms with Crippen LogP contribution in [0.3, 0.4) is 0 Å². The van der Waals surface area contributed by atoms with Crippen molar-refractivity contribution in [3.63, 3.8) is 0 Å². The highest BCUT2D eigenvalue weighted by Crippen LogP contribution is 2.17. The van der Waals surface area contributed by atoms with Gasteiger partial charge in [0.15, 0.2) is 23.5 Å². The van der Waals surface area contributed by atoms with Crippen LogP contribution in [0.25, 0.3) is 0 Å². The zero-order chi connectivity index (χ0) is 48.4. The van der Waals surface area contributed by atoms with Crippen LogP contribution in [-0.2, 0) is 23.9 Å². The van der Waals surface area contributed by atoms with Crippen LogP contribution in [0.1, 0.15) is 97.5 Å². The minimum Gasteiger partial charge on any atom is -0.480 e. The van der Waals surface area contributed by atoms with Crippen molar-refractivity contribution in [2.45, 2.75) is 72.9 Å². The molecule has 354 valence electrons. The highest BCUT2D eigenvalue weighted by molar-refractivity contribution is 6.00. The molecule has 4 amide bonds. The van der Waals surface area contributed by atoms with Gasteiger partial charge in [0.2, 0.25) is 0 Å². The van der Waals surface area contributed by atoms with Gasteiger partial charge >= 0.3 is 11.9 Å². The maximum absolute atomic E-state index is 12.5. The third kappa shape index (κ3) is 16.7. The second-order valence-electron chi connectivity index (χ2n) is 14.0. The van der Waals surface area contributed by atoms with Crippen molar-refractivity contribution < 1.29 is 57.2 Å². The smallest absolute Gasteiger partial charge is 0.328 e. The first-order valence-corrected chi connectivity index (χ1v) is 19.5. The number of hydrogen-bond donors (Lipinski definition) is 9. The minimum atomic E-state index is -1.30. The monoisotopic (exact) mass is 918 g/mol. The molecule has 0 aliphatic carbocycles. The number of rotatable bonds is 20. The van der Waals surface area contributed by atoms with E-state index in [4.69, 9.17) is 36.7 Å². The van der Waals surface area contributed by atoms with Gasteiger partial charge in [-0.05, 0) is 76.9 Å². The quantitative estimate of drug-likeness (QED) is 0.0340. The van der Waals surface area contributed by atoms with Crippen LogP contribution < -0.4 is 44.2 Å². The van der Waals surface area contributed by atoms with E-state index in [2.05, 4.69) is 41.6 Å². The number of carboxylic acid groups (broad SMARTS) is 1. The number of aromatic nitrogens is 2. The van der Waals surface area contributed by atoms with Gasteiger partial charge in [0.25, 0.3) is 23.6 Å². The average Bonchev–Trinajstić information content (AvgIpc) is 3.78. The van der Waals surface area contributed by atoms with E-state index >= 15 is 0 Å². The molecule has 0 saturated heterocycles. The number of carbonyl (C=O) groups is 8. The van der Waals surface area contributed by atoms with E-state index in [1.165, 1.54) is 32.2 Å². The molecule has 66 heavy (non-hydrogen) atoms. The SMILES string of the molecule is C.COC(=O)[C@H](CCC(=O)CNC(=O)c1cccc(N=C(N)N)c1)NC(=O)c1c(C)noc1C.Cc1noc(C)c1C(=O)N[C@@H](CCC(=O)CNC(=O)c1cccc(N=C(N)N)c1)C(=O)O. The summed E-state index contributed by atoms with van der Waals surface area (Å²) in [5, 5.41) is 26.6. The standard InChI is InChI=1S/C21H26N6O6.C20H24N6O6.CH4/c1-11-17(12(2)33-27-11)19(30)26-16(20(31)32-3)8-7-15(28)10-24-18(29)13-5-4-6-14(9-13)25-21(22)23;1-10-16(11(2)32-26-10)18(29)25-15(19(30)31)7-6-14(27)9-23-17(28)12-4-3-5-13(8-12)24-20(21)22;/h4-6,9,16H,7-8,10H2,1-3H3,(H,24,29)(H,26,30)(H4,22,23,25);3-5,8,15H,6-7,9H2,1-2H3,(H,23,28)(H,25,29)(H,30,31)(H4,21,22,24);1H4/t16-;15-;/m00./s1. The van der Waals surface area contributed by atoms with Crippen molar-refractivity contribution in [3.05, 3.63) is 93.7 Å². The first-order valence-electron chi connectivity index (χ1n) is 19.5. The van der Waals surface area contributed by atoms with Crippen LogP contribution in [0.2, 0.25) is 0 Å².